The van der Waals surface area contributed by atoms with Crippen LogP contribution in [0.5, 0.6) is 0 Å². The number of benzene rings is 1. The minimum absolute atomic E-state index is 0. The summed E-state index contributed by atoms with van der Waals surface area (Å²) in [5.41, 5.74) is 6.75. The number of hydrogen-bond acceptors (Lipinski definition) is 3. The van der Waals surface area contributed by atoms with Gasteiger partial charge < -0.3 is 16.4 Å². The molecule has 2 amide bonds. The van der Waals surface area contributed by atoms with E-state index < -0.39 is 6.04 Å². The molecule has 0 saturated carbocycles. The van der Waals surface area contributed by atoms with Gasteiger partial charge in [-0.25, -0.2) is 0 Å². The number of carbonyl (C=O) groups is 2. The van der Waals surface area contributed by atoms with E-state index in [1.807, 2.05) is 0 Å². The summed E-state index contributed by atoms with van der Waals surface area (Å²) in [5.74, 6) is -0.375. The largest absolute Gasteiger partial charge is 0.326 e. The molecule has 94 valence electrons. The summed E-state index contributed by atoms with van der Waals surface area (Å²) in [5, 5.41) is 5.28. The molecular formula is C11H16ClN3O2. The van der Waals surface area contributed by atoms with E-state index in [2.05, 4.69) is 10.6 Å². The van der Waals surface area contributed by atoms with Crippen molar-refractivity contribution < 1.29 is 9.59 Å². The predicted octanol–water partition coefficient (Wildman–Crippen LogP) is 1.35. The Morgan fingerprint density at radius 2 is 1.53 bits per heavy atom. The van der Waals surface area contributed by atoms with Gasteiger partial charge in [0.1, 0.15) is 0 Å². The van der Waals surface area contributed by atoms with Gasteiger partial charge in [-0.1, -0.05) is 0 Å². The Bertz CT molecular complexity index is 390. The monoisotopic (exact) mass is 257 g/mol. The van der Waals surface area contributed by atoms with E-state index in [9.17, 15) is 9.59 Å². The van der Waals surface area contributed by atoms with E-state index in [1.165, 1.54) is 6.92 Å². The van der Waals surface area contributed by atoms with Crippen molar-refractivity contribution >= 4 is 35.6 Å². The second-order valence-corrected chi connectivity index (χ2v) is 3.54. The highest BCUT2D eigenvalue weighted by molar-refractivity contribution is 5.95. The van der Waals surface area contributed by atoms with Crippen molar-refractivity contribution in [1.82, 2.24) is 0 Å². The lowest BCUT2D eigenvalue weighted by Gasteiger charge is -2.08. The van der Waals surface area contributed by atoms with Gasteiger partial charge >= 0.3 is 0 Å². The molecule has 0 radical (unpaired) electrons. The van der Waals surface area contributed by atoms with Crippen molar-refractivity contribution in [2.24, 2.45) is 5.73 Å². The first-order valence-corrected chi connectivity index (χ1v) is 4.93. The summed E-state index contributed by atoms with van der Waals surface area (Å²) in [7, 11) is 0. The summed E-state index contributed by atoms with van der Waals surface area (Å²) in [6, 6.07) is 6.27. The number of rotatable bonds is 3. The normalized spacial score (nSPS) is 11.0. The summed E-state index contributed by atoms with van der Waals surface area (Å²) < 4.78 is 0. The van der Waals surface area contributed by atoms with E-state index in [0.717, 1.165) is 0 Å². The lowest BCUT2D eigenvalue weighted by molar-refractivity contribution is -0.117. The van der Waals surface area contributed by atoms with Gasteiger partial charge in [-0.15, -0.1) is 12.4 Å². The van der Waals surface area contributed by atoms with E-state index >= 15 is 0 Å². The fourth-order valence-electron chi connectivity index (χ4n) is 1.10. The van der Waals surface area contributed by atoms with Crippen LogP contribution in [0.25, 0.3) is 0 Å². The number of nitrogens with two attached hydrogens (primary N) is 1. The zero-order valence-electron chi connectivity index (χ0n) is 9.69. The van der Waals surface area contributed by atoms with Gasteiger partial charge in [-0.2, -0.15) is 0 Å². The molecule has 0 saturated heterocycles. The van der Waals surface area contributed by atoms with Crippen molar-refractivity contribution in [3.05, 3.63) is 24.3 Å². The molecule has 0 fully saturated rings. The first-order valence-electron chi connectivity index (χ1n) is 4.93. The molecule has 0 bridgehead atoms. The molecule has 5 nitrogen and oxygen atoms in total. The van der Waals surface area contributed by atoms with Crippen LogP contribution in [0.1, 0.15) is 13.8 Å². The van der Waals surface area contributed by atoms with Gasteiger partial charge in [0, 0.05) is 18.3 Å². The van der Waals surface area contributed by atoms with Crippen LogP contribution in [0.4, 0.5) is 11.4 Å². The number of amides is 2. The quantitative estimate of drug-likeness (QED) is 0.764. The molecule has 1 aromatic carbocycles. The molecule has 0 aliphatic heterocycles. The van der Waals surface area contributed by atoms with Gasteiger partial charge in [0.2, 0.25) is 11.8 Å². The van der Waals surface area contributed by atoms with E-state index in [4.69, 9.17) is 5.73 Å². The third kappa shape index (κ3) is 5.33. The molecule has 6 heteroatoms. The molecule has 1 aromatic rings. The second kappa shape index (κ2) is 6.88. The fraction of sp³-hybridized carbons (Fsp3) is 0.273. The second-order valence-electron chi connectivity index (χ2n) is 3.54. The SMILES string of the molecule is CC(=O)Nc1ccc(NC(=O)C(C)N)cc1.Cl. The van der Waals surface area contributed by atoms with Crippen LogP contribution in [0.2, 0.25) is 0 Å². The predicted molar refractivity (Wildman–Crippen MR) is 70.3 cm³/mol. The highest BCUT2D eigenvalue weighted by Gasteiger charge is 2.06. The topological polar surface area (TPSA) is 84.2 Å². The van der Waals surface area contributed by atoms with Crippen LogP contribution in [0, 0.1) is 0 Å². The lowest BCUT2D eigenvalue weighted by atomic mass is 10.2. The highest BCUT2D eigenvalue weighted by atomic mass is 35.5. The Hall–Kier alpha value is -1.59. The highest BCUT2D eigenvalue weighted by Crippen LogP contribution is 2.13. The first-order chi connectivity index (χ1) is 7.49. The average molecular weight is 258 g/mol. The summed E-state index contributed by atoms with van der Waals surface area (Å²) in [6.45, 7) is 3.05. The van der Waals surface area contributed by atoms with Crippen LogP contribution in [-0.4, -0.2) is 17.9 Å². The Balaban J connectivity index is 0.00000256. The molecule has 0 aliphatic rings. The molecule has 1 atom stereocenters. The smallest absolute Gasteiger partial charge is 0.240 e. The van der Waals surface area contributed by atoms with Gasteiger partial charge in [0.15, 0.2) is 0 Å². The number of carbonyl (C=O) groups excluding carboxylic acids is 2. The minimum atomic E-state index is -0.546. The van der Waals surface area contributed by atoms with Crippen molar-refractivity contribution in [2.75, 3.05) is 10.6 Å². The van der Waals surface area contributed by atoms with Crippen LogP contribution < -0.4 is 16.4 Å². The van der Waals surface area contributed by atoms with E-state index in [1.54, 1.807) is 31.2 Å². The third-order valence-electron chi connectivity index (χ3n) is 1.89. The summed E-state index contributed by atoms with van der Waals surface area (Å²) in [4.78, 5) is 22.0. The third-order valence-corrected chi connectivity index (χ3v) is 1.89. The average Bonchev–Trinajstić information content (AvgIpc) is 2.20. The molecule has 0 spiro atoms. The van der Waals surface area contributed by atoms with Crippen molar-refractivity contribution in [3.8, 4) is 0 Å². The number of anilines is 2. The van der Waals surface area contributed by atoms with Crippen LogP contribution in [0.15, 0.2) is 24.3 Å². The maximum absolute atomic E-state index is 11.3. The van der Waals surface area contributed by atoms with Crippen LogP contribution >= 0.6 is 12.4 Å². The fourth-order valence-corrected chi connectivity index (χ4v) is 1.10. The van der Waals surface area contributed by atoms with E-state index in [0.29, 0.717) is 11.4 Å². The Kier molecular flexibility index (Phi) is 6.23. The number of hydrogen-bond donors (Lipinski definition) is 3. The lowest BCUT2D eigenvalue weighted by Crippen LogP contribution is -2.32. The molecule has 4 N–H and O–H groups in total. The van der Waals surface area contributed by atoms with Gasteiger partial charge in [0.05, 0.1) is 6.04 Å². The Morgan fingerprint density at radius 1 is 1.12 bits per heavy atom. The maximum atomic E-state index is 11.3. The molecule has 17 heavy (non-hydrogen) atoms. The molecule has 0 aromatic heterocycles. The zero-order valence-corrected chi connectivity index (χ0v) is 10.5. The maximum Gasteiger partial charge on any atom is 0.240 e. The van der Waals surface area contributed by atoms with Crippen LogP contribution in [0.3, 0.4) is 0 Å². The summed E-state index contributed by atoms with van der Waals surface area (Å²) >= 11 is 0. The Morgan fingerprint density at radius 3 is 1.88 bits per heavy atom. The van der Waals surface area contributed by atoms with Crippen molar-refractivity contribution in [1.29, 1.82) is 0 Å². The number of nitrogens with one attached hydrogen (secondary N) is 2. The first kappa shape index (κ1) is 15.4. The Labute approximate surface area is 106 Å². The van der Waals surface area contributed by atoms with E-state index in [-0.39, 0.29) is 24.2 Å². The zero-order chi connectivity index (χ0) is 12.1. The number of halogens is 1. The molecule has 1 rings (SSSR count). The summed E-state index contributed by atoms with van der Waals surface area (Å²) in [6.07, 6.45) is 0. The van der Waals surface area contributed by atoms with Gasteiger partial charge in [0.25, 0.3) is 0 Å². The minimum Gasteiger partial charge on any atom is -0.326 e. The van der Waals surface area contributed by atoms with Gasteiger partial charge in [-0.3, -0.25) is 9.59 Å². The molecule has 0 heterocycles. The molecular weight excluding hydrogens is 242 g/mol. The van der Waals surface area contributed by atoms with Crippen LogP contribution in [-0.2, 0) is 9.59 Å². The molecule has 1 unspecified atom stereocenters. The van der Waals surface area contributed by atoms with Crippen molar-refractivity contribution in [2.45, 2.75) is 19.9 Å². The molecule has 0 aliphatic carbocycles. The standard InChI is InChI=1S/C11H15N3O2.ClH/c1-7(12)11(16)14-10-5-3-9(4-6-10)13-8(2)15;/h3-7H,12H2,1-2H3,(H,13,15)(H,14,16);1H. The van der Waals surface area contributed by atoms with Crippen molar-refractivity contribution in [3.63, 3.8) is 0 Å². The van der Waals surface area contributed by atoms with Gasteiger partial charge in [-0.05, 0) is 31.2 Å².